The zero-order chi connectivity index (χ0) is 13.6. The molecule has 0 fully saturated rings. The van der Waals surface area contributed by atoms with Crippen molar-refractivity contribution in [3.8, 4) is 11.4 Å². The summed E-state index contributed by atoms with van der Waals surface area (Å²) in [4.78, 5) is 9.86. The number of imidazole rings is 1. The number of aromatic nitrogens is 3. The van der Waals surface area contributed by atoms with Gasteiger partial charge in [0.25, 0.3) is 0 Å². The van der Waals surface area contributed by atoms with Crippen LogP contribution in [0.15, 0.2) is 29.8 Å². The Bertz CT molecular complexity index is 719. The molecule has 0 spiro atoms. The number of nitrogen functional groups attached to an aromatic ring is 1. The quantitative estimate of drug-likeness (QED) is 0.739. The number of nitrogens with two attached hydrogens (primary N) is 1. The van der Waals surface area contributed by atoms with E-state index in [1.165, 1.54) is 5.69 Å². The van der Waals surface area contributed by atoms with Gasteiger partial charge in [-0.25, -0.2) is 4.98 Å². The number of rotatable bonds is 1. The molecule has 98 valence electrons. The fraction of sp³-hybridized carbons (Fsp3) is 0.286. The Morgan fingerprint density at radius 1 is 1.26 bits per heavy atom. The summed E-state index contributed by atoms with van der Waals surface area (Å²) in [7, 11) is 0. The standard InChI is InChI=1S/C14H16N4S/c1-14(2,3)10-8-19-13-17-11(12(15)18(10)13)9-6-4-5-7-16-9/h4-8H,15H2,1-3H3. The highest BCUT2D eigenvalue weighted by atomic mass is 32.1. The van der Waals surface area contributed by atoms with Gasteiger partial charge in [0, 0.05) is 22.7 Å². The molecule has 3 rings (SSSR count). The first-order chi connectivity index (χ1) is 8.98. The first kappa shape index (κ1) is 12.2. The summed E-state index contributed by atoms with van der Waals surface area (Å²) >= 11 is 1.61. The molecule has 0 atom stereocenters. The van der Waals surface area contributed by atoms with Crippen LogP contribution in [0.3, 0.4) is 0 Å². The van der Waals surface area contributed by atoms with Crippen LogP contribution in [-0.2, 0) is 5.41 Å². The molecule has 0 aliphatic carbocycles. The van der Waals surface area contributed by atoms with E-state index in [2.05, 4.69) is 36.1 Å². The summed E-state index contributed by atoms with van der Waals surface area (Å²) in [6.07, 6.45) is 1.76. The van der Waals surface area contributed by atoms with Crippen LogP contribution in [0.25, 0.3) is 16.3 Å². The van der Waals surface area contributed by atoms with Crippen LogP contribution in [0, 0.1) is 0 Å². The van der Waals surface area contributed by atoms with Gasteiger partial charge in [0.15, 0.2) is 4.96 Å². The number of thiazole rings is 1. The van der Waals surface area contributed by atoms with Crippen molar-refractivity contribution in [3.63, 3.8) is 0 Å². The fourth-order valence-corrected chi connectivity index (χ4v) is 3.21. The molecule has 0 aromatic carbocycles. The molecule has 2 N–H and O–H groups in total. The average Bonchev–Trinajstić information content (AvgIpc) is 2.91. The van der Waals surface area contributed by atoms with Gasteiger partial charge < -0.3 is 5.73 Å². The van der Waals surface area contributed by atoms with Crippen LogP contribution < -0.4 is 5.73 Å². The Morgan fingerprint density at radius 2 is 2.05 bits per heavy atom. The minimum absolute atomic E-state index is 0.0362. The van der Waals surface area contributed by atoms with Crippen LogP contribution in [-0.4, -0.2) is 14.4 Å². The van der Waals surface area contributed by atoms with Crippen molar-refractivity contribution in [1.82, 2.24) is 14.4 Å². The Balaban J connectivity index is 2.26. The Labute approximate surface area is 115 Å². The maximum absolute atomic E-state index is 6.28. The van der Waals surface area contributed by atoms with Crippen LogP contribution >= 0.6 is 11.3 Å². The summed E-state index contributed by atoms with van der Waals surface area (Å²) in [5, 5.41) is 2.13. The maximum atomic E-state index is 6.28. The summed E-state index contributed by atoms with van der Waals surface area (Å²) < 4.78 is 2.04. The van der Waals surface area contributed by atoms with Gasteiger partial charge in [-0.3, -0.25) is 9.38 Å². The van der Waals surface area contributed by atoms with Crippen molar-refractivity contribution >= 4 is 22.1 Å². The highest BCUT2D eigenvalue weighted by Gasteiger charge is 2.23. The molecule has 0 amide bonds. The molecule has 0 saturated heterocycles. The van der Waals surface area contributed by atoms with Gasteiger partial charge in [-0.1, -0.05) is 26.8 Å². The lowest BCUT2D eigenvalue weighted by Gasteiger charge is -2.17. The molecule has 0 unspecified atom stereocenters. The number of hydrogen-bond donors (Lipinski definition) is 1. The van der Waals surface area contributed by atoms with E-state index in [1.807, 2.05) is 22.6 Å². The molecule has 5 heteroatoms. The van der Waals surface area contributed by atoms with Crippen molar-refractivity contribution in [1.29, 1.82) is 0 Å². The Hall–Kier alpha value is -1.88. The predicted molar refractivity (Wildman–Crippen MR) is 79.4 cm³/mol. The van der Waals surface area contributed by atoms with Crippen LogP contribution in [0.5, 0.6) is 0 Å². The second-order valence-electron chi connectivity index (χ2n) is 5.55. The van der Waals surface area contributed by atoms with Gasteiger partial charge in [-0.15, -0.1) is 11.3 Å². The zero-order valence-corrected chi connectivity index (χ0v) is 12.0. The lowest BCUT2D eigenvalue weighted by molar-refractivity contribution is 0.566. The first-order valence-corrected chi connectivity index (χ1v) is 7.04. The molecule has 4 nitrogen and oxygen atoms in total. The van der Waals surface area contributed by atoms with Crippen molar-refractivity contribution in [2.24, 2.45) is 0 Å². The lowest BCUT2D eigenvalue weighted by atomic mass is 9.93. The Morgan fingerprint density at radius 3 is 2.68 bits per heavy atom. The number of hydrogen-bond acceptors (Lipinski definition) is 4. The molecule has 3 aromatic rings. The third-order valence-corrected chi connectivity index (χ3v) is 3.90. The molecule has 3 heterocycles. The number of pyridine rings is 1. The van der Waals surface area contributed by atoms with Gasteiger partial charge in [0.1, 0.15) is 11.5 Å². The van der Waals surface area contributed by atoms with Gasteiger partial charge in [0.2, 0.25) is 0 Å². The topological polar surface area (TPSA) is 56.2 Å². The predicted octanol–water partition coefficient (Wildman–Crippen LogP) is 3.34. The molecule has 0 radical (unpaired) electrons. The lowest BCUT2D eigenvalue weighted by Crippen LogP contribution is -2.14. The highest BCUT2D eigenvalue weighted by molar-refractivity contribution is 7.15. The molecular weight excluding hydrogens is 256 g/mol. The average molecular weight is 272 g/mol. The van der Waals surface area contributed by atoms with E-state index < -0.39 is 0 Å². The fourth-order valence-electron chi connectivity index (χ4n) is 2.09. The monoisotopic (exact) mass is 272 g/mol. The summed E-state index contributed by atoms with van der Waals surface area (Å²) in [6.45, 7) is 6.52. The Kier molecular flexibility index (Phi) is 2.60. The largest absolute Gasteiger partial charge is 0.383 e. The van der Waals surface area contributed by atoms with Crippen molar-refractivity contribution < 1.29 is 0 Å². The molecule has 0 bridgehead atoms. The maximum Gasteiger partial charge on any atom is 0.196 e. The minimum atomic E-state index is 0.0362. The second kappa shape index (κ2) is 4.06. The number of anilines is 1. The molecule has 0 aliphatic heterocycles. The van der Waals surface area contributed by atoms with E-state index in [-0.39, 0.29) is 5.41 Å². The van der Waals surface area contributed by atoms with E-state index in [1.54, 1.807) is 17.5 Å². The SMILES string of the molecule is CC(C)(C)c1csc2nc(-c3ccccn3)c(N)n12. The van der Waals surface area contributed by atoms with E-state index in [0.717, 1.165) is 16.3 Å². The van der Waals surface area contributed by atoms with Gasteiger partial charge in [-0.2, -0.15) is 0 Å². The van der Waals surface area contributed by atoms with Gasteiger partial charge in [-0.05, 0) is 12.1 Å². The molecule has 19 heavy (non-hydrogen) atoms. The van der Waals surface area contributed by atoms with Crippen molar-refractivity contribution in [3.05, 3.63) is 35.5 Å². The van der Waals surface area contributed by atoms with Crippen molar-refractivity contribution in [2.75, 3.05) is 5.73 Å². The second-order valence-corrected chi connectivity index (χ2v) is 6.39. The zero-order valence-electron chi connectivity index (χ0n) is 11.2. The molecular formula is C14H16N4S. The van der Waals surface area contributed by atoms with Crippen LogP contribution in [0.1, 0.15) is 26.5 Å². The molecule has 0 aliphatic rings. The smallest absolute Gasteiger partial charge is 0.196 e. The van der Waals surface area contributed by atoms with E-state index in [0.29, 0.717) is 5.82 Å². The summed E-state index contributed by atoms with van der Waals surface area (Å²) in [5.41, 5.74) is 9.07. The van der Waals surface area contributed by atoms with Crippen LogP contribution in [0.2, 0.25) is 0 Å². The van der Waals surface area contributed by atoms with E-state index >= 15 is 0 Å². The minimum Gasteiger partial charge on any atom is -0.383 e. The third-order valence-electron chi connectivity index (χ3n) is 3.08. The van der Waals surface area contributed by atoms with Gasteiger partial charge in [0.05, 0.1) is 5.69 Å². The number of fused-ring (bicyclic) bond motifs is 1. The summed E-state index contributed by atoms with van der Waals surface area (Å²) in [5.74, 6) is 0.667. The summed E-state index contributed by atoms with van der Waals surface area (Å²) in [6, 6.07) is 5.76. The molecule has 0 saturated carbocycles. The third kappa shape index (κ3) is 1.90. The normalized spacial score (nSPS) is 12.2. The highest BCUT2D eigenvalue weighted by Crippen LogP contribution is 2.33. The van der Waals surface area contributed by atoms with Crippen LogP contribution in [0.4, 0.5) is 5.82 Å². The first-order valence-electron chi connectivity index (χ1n) is 6.16. The van der Waals surface area contributed by atoms with E-state index in [4.69, 9.17) is 5.73 Å². The number of nitrogens with zero attached hydrogens (tertiary/aromatic N) is 3. The molecule has 3 aromatic heterocycles. The van der Waals surface area contributed by atoms with Crippen molar-refractivity contribution in [2.45, 2.75) is 26.2 Å². The van der Waals surface area contributed by atoms with Gasteiger partial charge >= 0.3 is 0 Å². The van der Waals surface area contributed by atoms with E-state index in [9.17, 15) is 0 Å².